The summed E-state index contributed by atoms with van der Waals surface area (Å²) < 4.78 is 25.9. The van der Waals surface area contributed by atoms with Crippen LogP contribution in [0.25, 0.3) is 0 Å². The zero-order valence-electron chi connectivity index (χ0n) is 11.7. The molecule has 112 valence electrons. The Hall–Kier alpha value is -2.17. The largest absolute Gasteiger partial charge is 0.292 e. The molecular formula is C15H12N2O3S2. The van der Waals surface area contributed by atoms with Gasteiger partial charge in [0.15, 0.2) is 5.78 Å². The number of benzene rings is 1. The maximum atomic E-state index is 12.3. The van der Waals surface area contributed by atoms with Crippen molar-refractivity contribution in [3.05, 3.63) is 51.2 Å². The zero-order valence-corrected chi connectivity index (χ0v) is 13.4. The Morgan fingerprint density at radius 1 is 1.36 bits per heavy atom. The van der Waals surface area contributed by atoms with Crippen LogP contribution in [0, 0.1) is 18.3 Å². The molecule has 1 aromatic heterocycles. The Kier molecular flexibility index (Phi) is 3.51. The Labute approximate surface area is 132 Å². The third-order valence-corrected chi connectivity index (χ3v) is 6.12. The fraction of sp³-hybridized carbons (Fsp3) is 0.200. The van der Waals surface area contributed by atoms with Gasteiger partial charge in [-0.15, -0.1) is 11.3 Å². The molecule has 3 rings (SSSR count). The fourth-order valence-electron chi connectivity index (χ4n) is 2.47. The summed E-state index contributed by atoms with van der Waals surface area (Å²) in [6.07, 6.45) is 0. The Balaban J connectivity index is 2.02. The van der Waals surface area contributed by atoms with E-state index in [1.54, 1.807) is 29.6 Å². The first-order valence-electron chi connectivity index (χ1n) is 6.53. The molecule has 0 aliphatic carbocycles. The summed E-state index contributed by atoms with van der Waals surface area (Å²) >= 11 is 1.26. The number of carbonyl (C=O) groups is 1. The number of aryl methyl sites for hydroxylation is 1. The molecule has 0 atom stereocenters. The van der Waals surface area contributed by atoms with Crippen molar-refractivity contribution in [3.8, 4) is 6.07 Å². The number of carbonyl (C=O) groups excluding carboxylic acids is 1. The lowest BCUT2D eigenvalue weighted by Crippen LogP contribution is -2.39. The van der Waals surface area contributed by atoms with Crippen molar-refractivity contribution in [1.29, 1.82) is 5.26 Å². The van der Waals surface area contributed by atoms with Crippen LogP contribution in [0.1, 0.15) is 26.4 Å². The van der Waals surface area contributed by atoms with Crippen molar-refractivity contribution < 1.29 is 13.2 Å². The van der Waals surface area contributed by atoms with Gasteiger partial charge >= 0.3 is 0 Å². The standard InChI is InChI=1S/C15H12N2O3S2/c1-10-6-11(2-3-12(10)7-16)8-17-13-4-5-21-15(13)14(18)9-22(17,19)20/h2-6H,8-9H2,1H3. The van der Waals surface area contributed by atoms with Crippen molar-refractivity contribution in [2.45, 2.75) is 13.5 Å². The highest BCUT2D eigenvalue weighted by atomic mass is 32.2. The number of thiophene rings is 1. The second-order valence-electron chi connectivity index (χ2n) is 5.08. The Morgan fingerprint density at radius 3 is 2.82 bits per heavy atom. The summed E-state index contributed by atoms with van der Waals surface area (Å²) in [6, 6.07) is 8.97. The molecule has 0 radical (unpaired) electrons. The molecule has 0 saturated carbocycles. The van der Waals surface area contributed by atoms with Crippen LogP contribution < -0.4 is 4.31 Å². The maximum absolute atomic E-state index is 12.3. The van der Waals surface area contributed by atoms with Gasteiger partial charge in [0.2, 0.25) is 10.0 Å². The number of anilines is 1. The molecule has 0 saturated heterocycles. The second kappa shape index (κ2) is 5.23. The first kappa shape index (κ1) is 14.8. The van der Waals surface area contributed by atoms with E-state index in [9.17, 15) is 13.2 Å². The van der Waals surface area contributed by atoms with Crippen LogP contribution in [0.2, 0.25) is 0 Å². The van der Waals surface area contributed by atoms with Crippen molar-refractivity contribution in [3.63, 3.8) is 0 Å². The highest BCUT2D eigenvalue weighted by molar-refractivity contribution is 7.93. The number of fused-ring (bicyclic) bond motifs is 1. The molecular weight excluding hydrogens is 320 g/mol. The van der Waals surface area contributed by atoms with Gasteiger partial charge in [-0.05, 0) is 35.6 Å². The molecule has 2 aromatic rings. The monoisotopic (exact) mass is 332 g/mol. The molecule has 2 heterocycles. The summed E-state index contributed by atoms with van der Waals surface area (Å²) in [4.78, 5) is 12.4. The number of hydrogen-bond acceptors (Lipinski definition) is 5. The van der Waals surface area contributed by atoms with Gasteiger partial charge in [0.25, 0.3) is 0 Å². The minimum atomic E-state index is -3.66. The van der Waals surface area contributed by atoms with E-state index in [2.05, 4.69) is 6.07 Å². The topological polar surface area (TPSA) is 78.2 Å². The number of nitrogens with zero attached hydrogens (tertiary/aromatic N) is 2. The van der Waals surface area contributed by atoms with Crippen molar-refractivity contribution in [1.82, 2.24) is 0 Å². The van der Waals surface area contributed by atoms with E-state index in [0.717, 1.165) is 11.1 Å². The van der Waals surface area contributed by atoms with Gasteiger partial charge in [0, 0.05) is 0 Å². The van der Waals surface area contributed by atoms with Gasteiger partial charge in [-0.2, -0.15) is 5.26 Å². The molecule has 0 amide bonds. The van der Waals surface area contributed by atoms with E-state index in [-0.39, 0.29) is 12.3 Å². The Bertz CT molecular complexity index is 907. The van der Waals surface area contributed by atoms with Crippen molar-refractivity contribution in [2.75, 3.05) is 10.1 Å². The maximum Gasteiger partial charge on any atom is 0.243 e. The van der Waals surface area contributed by atoms with Crippen molar-refractivity contribution in [2.24, 2.45) is 0 Å². The molecule has 1 aliphatic rings. The molecule has 5 nitrogen and oxygen atoms in total. The normalized spacial score (nSPS) is 16.2. The summed E-state index contributed by atoms with van der Waals surface area (Å²) in [5.41, 5.74) is 2.60. The van der Waals surface area contributed by atoms with Gasteiger partial charge in [0.05, 0.1) is 28.7 Å². The lowest BCUT2D eigenvalue weighted by Gasteiger charge is -2.27. The van der Waals surface area contributed by atoms with Crippen LogP contribution in [0.15, 0.2) is 29.6 Å². The van der Waals surface area contributed by atoms with Gasteiger partial charge in [-0.25, -0.2) is 8.42 Å². The number of ketones is 1. The van der Waals surface area contributed by atoms with Gasteiger partial charge in [-0.3, -0.25) is 9.10 Å². The summed E-state index contributed by atoms with van der Waals surface area (Å²) in [6.45, 7) is 1.97. The smallest absolute Gasteiger partial charge is 0.243 e. The third-order valence-electron chi connectivity index (χ3n) is 3.55. The van der Waals surface area contributed by atoms with Gasteiger partial charge < -0.3 is 0 Å². The number of nitriles is 1. The van der Waals surface area contributed by atoms with Crippen LogP contribution in [0.5, 0.6) is 0 Å². The fourth-order valence-corrected chi connectivity index (χ4v) is 4.88. The lowest BCUT2D eigenvalue weighted by molar-refractivity contribution is 0.102. The number of Topliss-reactive ketones (excluding diaryl/α,β-unsaturated/α-hetero) is 1. The van der Waals surface area contributed by atoms with Crippen molar-refractivity contribution >= 4 is 32.8 Å². The minimum Gasteiger partial charge on any atom is -0.292 e. The number of sulfonamides is 1. The van der Waals surface area contributed by atoms with Crippen LogP contribution >= 0.6 is 11.3 Å². The third kappa shape index (κ3) is 2.40. The van der Waals surface area contributed by atoms with Crippen LogP contribution in [-0.2, 0) is 16.6 Å². The molecule has 0 spiro atoms. The SMILES string of the molecule is Cc1cc(CN2c3ccsc3C(=O)CS2(=O)=O)ccc1C#N. The van der Waals surface area contributed by atoms with E-state index in [1.807, 2.05) is 6.92 Å². The van der Waals surface area contributed by atoms with Crippen LogP contribution in [0.4, 0.5) is 5.69 Å². The van der Waals surface area contributed by atoms with E-state index < -0.39 is 15.8 Å². The molecule has 22 heavy (non-hydrogen) atoms. The van der Waals surface area contributed by atoms with E-state index >= 15 is 0 Å². The molecule has 7 heteroatoms. The van der Waals surface area contributed by atoms with Crippen LogP contribution in [0.3, 0.4) is 0 Å². The van der Waals surface area contributed by atoms with Gasteiger partial charge in [-0.1, -0.05) is 12.1 Å². The van der Waals surface area contributed by atoms with E-state index in [0.29, 0.717) is 16.1 Å². The number of hydrogen-bond donors (Lipinski definition) is 0. The number of rotatable bonds is 2. The first-order valence-corrected chi connectivity index (χ1v) is 9.02. The van der Waals surface area contributed by atoms with Gasteiger partial charge in [0.1, 0.15) is 5.75 Å². The molecule has 0 bridgehead atoms. The quantitative estimate of drug-likeness (QED) is 0.846. The predicted octanol–water partition coefficient (Wildman–Crippen LogP) is 2.46. The lowest BCUT2D eigenvalue weighted by atomic mass is 10.1. The first-order chi connectivity index (χ1) is 10.4. The molecule has 1 aromatic carbocycles. The second-order valence-corrected chi connectivity index (χ2v) is 7.89. The highest BCUT2D eigenvalue weighted by Crippen LogP contribution is 2.34. The predicted molar refractivity (Wildman–Crippen MR) is 84.5 cm³/mol. The van der Waals surface area contributed by atoms with Crippen LogP contribution in [-0.4, -0.2) is 20.0 Å². The van der Waals surface area contributed by atoms with E-state index in [4.69, 9.17) is 5.26 Å². The van der Waals surface area contributed by atoms with E-state index in [1.165, 1.54) is 15.6 Å². The minimum absolute atomic E-state index is 0.159. The molecule has 0 unspecified atom stereocenters. The average Bonchev–Trinajstić information content (AvgIpc) is 2.92. The summed E-state index contributed by atoms with van der Waals surface area (Å²) in [7, 11) is -3.66. The Morgan fingerprint density at radius 2 is 2.14 bits per heavy atom. The molecule has 1 aliphatic heterocycles. The zero-order chi connectivity index (χ0) is 15.9. The summed E-state index contributed by atoms with van der Waals surface area (Å²) in [5, 5.41) is 10.7. The average molecular weight is 332 g/mol. The molecule has 0 N–H and O–H groups in total. The highest BCUT2D eigenvalue weighted by Gasteiger charge is 2.35. The molecule has 0 fully saturated rings. The summed E-state index contributed by atoms with van der Waals surface area (Å²) in [5.74, 6) is -0.840.